The molecule has 0 radical (unpaired) electrons. The largest absolute Gasteiger partial charge is 0.346 e. The number of nitrogens with two attached hydrogens (primary N) is 1. The number of amides is 3. The van der Waals surface area contributed by atoms with Gasteiger partial charge < -0.3 is 20.9 Å². The summed E-state index contributed by atoms with van der Waals surface area (Å²) in [6.45, 7) is 4.86. The summed E-state index contributed by atoms with van der Waals surface area (Å²) in [4.78, 5) is 39.5. The maximum Gasteiger partial charge on any atom is 0.242 e. The van der Waals surface area contributed by atoms with Gasteiger partial charge in [0.25, 0.3) is 0 Å². The van der Waals surface area contributed by atoms with Gasteiger partial charge in [-0.2, -0.15) is 0 Å². The van der Waals surface area contributed by atoms with Gasteiger partial charge in [0.05, 0.1) is 19.1 Å². The third-order valence-electron chi connectivity index (χ3n) is 4.37. The van der Waals surface area contributed by atoms with Crippen LogP contribution in [0.15, 0.2) is 24.3 Å². The van der Waals surface area contributed by atoms with Crippen LogP contribution in [0.25, 0.3) is 0 Å². The van der Waals surface area contributed by atoms with Crippen LogP contribution in [-0.2, 0) is 20.9 Å². The quantitative estimate of drug-likeness (QED) is 0.723. The molecule has 7 nitrogen and oxygen atoms in total. The van der Waals surface area contributed by atoms with Crippen molar-refractivity contribution in [3.63, 3.8) is 0 Å². The number of hydrogen-bond donors (Lipinski definition) is 2. The van der Waals surface area contributed by atoms with Crippen molar-refractivity contribution in [3.8, 4) is 0 Å². The summed E-state index contributed by atoms with van der Waals surface area (Å²) in [7, 11) is 0. The van der Waals surface area contributed by atoms with E-state index in [0.717, 1.165) is 5.56 Å². The first kappa shape index (κ1) is 23.2. The Morgan fingerprint density at radius 2 is 2.00 bits per heavy atom. The summed E-state index contributed by atoms with van der Waals surface area (Å²) in [6, 6.07) is 6.69. The summed E-state index contributed by atoms with van der Waals surface area (Å²) in [5, 5.41) is 3.16. The fourth-order valence-electron chi connectivity index (χ4n) is 2.64. The van der Waals surface area contributed by atoms with Crippen molar-refractivity contribution in [1.29, 1.82) is 0 Å². The van der Waals surface area contributed by atoms with Crippen LogP contribution in [0.3, 0.4) is 0 Å². The summed E-state index contributed by atoms with van der Waals surface area (Å²) in [6.07, 6.45) is 0. The summed E-state index contributed by atoms with van der Waals surface area (Å²) < 4.78 is 0. The fourth-order valence-corrected chi connectivity index (χ4v) is 2.85. The lowest BCUT2D eigenvalue weighted by Gasteiger charge is -2.34. The highest BCUT2D eigenvalue weighted by molar-refractivity contribution is 6.30. The van der Waals surface area contributed by atoms with Gasteiger partial charge >= 0.3 is 0 Å². The van der Waals surface area contributed by atoms with Crippen LogP contribution in [-0.4, -0.2) is 59.7 Å². The van der Waals surface area contributed by atoms with Gasteiger partial charge in [-0.3, -0.25) is 14.4 Å². The Labute approximate surface area is 170 Å². The number of nitrogens with zero attached hydrogens (tertiary/aromatic N) is 2. The third kappa shape index (κ3) is 6.68. The molecule has 1 aromatic rings. The minimum atomic E-state index is -0.654. The number of carbonyl (C=O) groups excluding carboxylic acids is 3. The van der Waals surface area contributed by atoms with Crippen molar-refractivity contribution in [2.75, 3.05) is 26.2 Å². The van der Waals surface area contributed by atoms with E-state index in [-0.39, 0.29) is 49.1 Å². The highest BCUT2D eigenvalue weighted by atomic mass is 35.5. The molecule has 1 heterocycles. The molecule has 0 unspecified atom stereocenters. The van der Waals surface area contributed by atoms with Gasteiger partial charge in [-0.1, -0.05) is 37.6 Å². The first-order chi connectivity index (χ1) is 12.3. The van der Waals surface area contributed by atoms with Crippen molar-refractivity contribution < 1.29 is 14.4 Å². The lowest BCUT2D eigenvalue weighted by Crippen LogP contribution is -2.54. The zero-order chi connectivity index (χ0) is 19.3. The molecule has 0 saturated carbocycles. The van der Waals surface area contributed by atoms with Crippen molar-refractivity contribution in [1.82, 2.24) is 15.1 Å². The summed E-state index contributed by atoms with van der Waals surface area (Å²) in [5.74, 6) is -0.791. The first-order valence-electron chi connectivity index (χ1n) is 8.61. The Bertz CT molecular complexity index is 684. The van der Waals surface area contributed by atoms with E-state index in [2.05, 4.69) is 5.32 Å². The van der Waals surface area contributed by atoms with Crippen molar-refractivity contribution in [2.45, 2.75) is 26.4 Å². The van der Waals surface area contributed by atoms with Crippen molar-refractivity contribution in [2.24, 2.45) is 11.7 Å². The Hall–Kier alpha value is -1.83. The second kappa shape index (κ2) is 10.5. The molecule has 0 bridgehead atoms. The van der Waals surface area contributed by atoms with Gasteiger partial charge in [0.1, 0.15) is 0 Å². The number of piperazine rings is 1. The molecule has 1 saturated heterocycles. The van der Waals surface area contributed by atoms with Gasteiger partial charge in [-0.05, 0) is 23.6 Å². The van der Waals surface area contributed by atoms with Gasteiger partial charge in [0.2, 0.25) is 17.7 Å². The smallest absolute Gasteiger partial charge is 0.242 e. The van der Waals surface area contributed by atoms with Crippen LogP contribution < -0.4 is 11.1 Å². The number of nitrogens with one attached hydrogen (secondary N) is 1. The molecule has 3 amide bonds. The van der Waals surface area contributed by atoms with Gasteiger partial charge in [0, 0.05) is 24.7 Å². The van der Waals surface area contributed by atoms with Crippen LogP contribution in [0.2, 0.25) is 5.02 Å². The molecule has 2 rings (SSSR count). The fraction of sp³-hybridized carbons (Fsp3) is 0.500. The molecule has 27 heavy (non-hydrogen) atoms. The van der Waals surface area contributed by atoms with E-state index in [9.17, 15) is 14.4 Å². The molecule has 1 aromatic carbocycles. The maximum atomic E-state index is 12.3. The predicted octanol–water partition coefficient (Wildman–Crippen LogP) is 1.03. The lowest BCUT2D eigenvalue weighted by atomic mass is 10.1. The minimum Gasteiger partial charge on any atom is -0.346 e. The standard InChI is InChI=1S/C18H25ClN4O3.ClH/c1-12(2)17(20)18(26)21-9-15(24)23-7-6-22(16(25)11-23)10-13-4-3-5-14(19)8-13;/h3-5,8,12,17H,6-7,9-11,20H2,1-2H3,(H,21,26);1H/t17-;/m0./s1. The molecule has 1 aliphatic heterocycles. The number of hydrogen-bond acceptors (Lipinski definition) is 4. The molecular weight excluding hydrogens is 391 g/mol. The summed E-state index contributed by atoms with van der Waals surface area (Å²) in [5.41, 5.74) is 6.69. The average molecular weight is 417 g/mol. The molecule has 150 valence electrons. The second-order valence-electron chi connectivity index (χ2n) is 6.75. The van der Waals surface area contributed by atoms with Crippen molar-refractivity contribution in [3.05, 3.63) is 34.9 Å². The van der Waals surface area contributed by atoms with E-state index in [1.807, 2.05) is 32.0 Å². The first-order valence-corrected chi connectivity index (χ1v) is 8.99. The minimum absolute atomic E-state index is 0. The van der Waals surface area contributed by atoms with Gasteiger partial charge in [0.15, 0.2) is 0 Å². The molecule has 1 aliphatic rings. The molecule has 0 spiro atoms. The molecule has 9 heteroatoms. The van der Waals surface area contributed by atoms with E-state index >= 15 is 0 Å². The van der Waals surface area contributed by atoms with Gasteiger partial charge in [-0.15, -0.1) is 12.4 Å². The van der Waals surface area contributed by atoms with Crippen molar-refractivity contribution >= 4 is 41.7 Å². The third-order valence-corrected chi connectivity index (χ3v) is 4.60. The van der Waals surface area contributed by atoms with Gasteiger partial charge in [-0.25, -0.2) is 0 Å². The van der Waals surface area contributed by atoms with Crippen LogP contribution in [0.1, 0.15) is 19.4 Å². The average Bonchev–Trinajstić information content (AvgIpc) is 2.60. The molecule has 1 atom stereocenters. The van der Waals surface area contributed by atoms with E-state index in [4.69, 9.17) is 17.3 Å². The zero-order valence-corrected chi connectivity index (χ0v) is 17.1. The van der Waals surface area contributed by atoms with Crippen LogP contribution in [0.5, 0.6) is 0 Å². The molecule has 3 N–H and O–H groups in total. The summed E-state index contributed by atoms with van der Waals surface area (Å²) >= 11 is 5.97. The van der Waals surface area contributed by atoms with E-state index in [1.54, 1.807) is 11.0 Å². The van der Waals surface area contributed by atoms with Crippen LogP contribution in [0, 0.1) is 5.92 Å². The maximum absolute atomic E-state index is 12.3. The topological polar surface area (TPSA) is 95.7 Å². The van der Waals surface area contributed by atoms with Crippen LogP contribution in [0.4, 0.5) is 0 Å². The number of carbonyl (C=O) groups is 3. The van der Waals surface area contributed by atoms with E-state index in [0.29, 0.717) is 24.7 Å². The number of halogens is 2. The number of benzene rings is 1. The molecule has 0 aromatic heterocycles. The van der Waals surface area contributed by atoms with E-state index < -0.39 is 6.04 Å². The molecule has 1 fully saturated rings. The Balaban J connectivity index is 0.00000364. The highest BCUT2D eigenvalue weighted by Crippen LogP contribution is 2.14. The zero-order valence-electron chi connectivity index (χ0n) is 15.5. The normalized spacial score (nSPS) is 15.4. The predicted molar refractivity (Wildman–Crippen MR) is 107 cm³/mol. The number of rotatable bonds is 6. The second-order valence-corrected chi connectivity index (χ2v) is 7.18. The van der Waals surface area contributed by atoms with E-state index in [1.165, 1.54) is 4.90 Å². The Kier molecular flexibility index (Phi) is 9.02. The Morgan fingerprint density at radius 1 is 1.30 bits per heavy atom. The molecular formula is C18H26Cl2N4O3. The van der Waals surface area contributed by atoms with Crippen LogP contribution >= 0.6 is 24.0 Å². The lowest BCUT2D eigenvalue weighted by molar-refractivity contribution is -0.145. The highest BCUT2D eigenvalue weighted by Gasteiger charge is 2.27. The molecule has 0 aliphatic carbocycles. The Morgan fingerprint density at radius 3 is 2.59 bits per heavy atom. The SMILES string of the molecule is CC(C)[C@H](N)C(=O)NCC(=O)N1CCN(Cc2cccc(Cl)c2)C(=O)C1.Cl. The monoisotopic (exact) mass is 416 g/mol.